The average Bonchev–Trinajstić information content (AvgIpc) is 3.18. The average molecular weight is 423 g/mol. The molecule has 0 aliphatic carbocycles. The number of nitrogens with zero attached hydrogens (tertiary/aromatic N) is 1. The van der Waals surface area contributed by atoms with Gasteiger partial charge in [-0.2, -0.15) is 0 Å². The number of H-pyrrole nitrogens is 1. The molecular weight excluding hydrogens is 398 g/mol. The first-order chi connectivity index (χ1) is 15.0. The number of ether oxygens (including phenoxy) is 3. The van der Waals surface area contributed by atoms with Gasteiger partial charge in [0.25, 0.3) is 0 Å². The van der Waals surface area contributed by atoms with Crippen LogP contribution in [0.15, 0.2) is 36.4 Å². The molecule has 1 aliphatic rings. The lowest BCUT2D eigenvalue weighted by Gasteiger charge is -2.27. The number of methoxy groups -OCH3 is 3. The second kappa shape index (κ2) is 8.59. The Hall–Kier alpha value is -3.68. The van der Waals surface area contributed by atoms with E-state index in [0.717, 1.165) is 34.1 Å². The third-order valence-electron chi connectivity index (χ3n) is 5.58. The number of carbonyl (C=O) groups excluding carboxylic acids is 2. The molecule has 31 heavy (non-hydrogen) atoms. The van der Waals surface area contributed by atoms with Crippen LogP contribution in [0, 0.1) is 0 Å². The Bertz CT molecular complexity index is 1140. The number of aromatic amines is 1. The van der Waals surface area contributed by atoms with Crippen LogP contribution in [0.1, 0.15) is 27.2 Å². The van der Waals surface area contributed by atoms with Gasteiger partial charge in [-0.25, -0.2) is 9.59 Å². The Labute approximate surface area is 180 Å². The number of fused-ring (bicyclic) bond motifs is 3. The fraction of sp³-hybridized carbons (Fsp3) is 0.304. The van der Waals surface area contributed by atoms with E-state index < -0.39 is 0 Å². The van der Waals surface area contributed by atoms with Gasteiger partial charge < -0.3 is 29.4 Å². The molecule has 0 unspecified atom stereocenters. The van der Waals surface area contributed by atoms with Crippen molar-refractivity contribution >= 4 is 22.9 Å². The Kier molecular flexibility index (Phi) is 5.70. The molecule has 0 bridgehead atoms. The molecule has 1 aromatic heterocycles. The molecule has 0 atom stereocenters. The summed E-state index contributed by atoms with van der Waals surface area (Å²) in [5.41, 5.74) is 4.49. The van der Waals surface area contributed by atoms with Crippen molar-refractivity contribution in [3.05, 3.63) is 58.8 Å². The zero-order chi connectivity index (χ0) is 22.0. The van der Waals surface area contributed by atoms with E-state index in [2.05, 4.69) is 10.3 Å². The van der Waals surface area contributed by atoms with E-state index in [1.807, 2.05) is 30.3 Å². The highest BCUT2D eigenvalue weighted by molar-refractivity contribution is 5.96. The van der Waals surface area contributed by atoms with Crippen LogP contribution in [0.4, 0.5) is 4.79 Å². The SMILES string of the molecule is COC(=O)c1ccc2[nH]c3c(c2c1)CN(C(=O)NCc1ccc(OC)c(OC)c1)CC3. The predicted molar refractivity (Wildman–Crippen MR) is 116 cm³/mol. The van der Waals surface area contributed by atoms with Crippen molar-refractivity contribution in [2.45, 2.75) is 19.5 Å². The topological polar surface area (TPSA) is 92.9 Å². The van der Waals surface area contributed by atoms with Gasteiger partial charge in [0.05, 0.1) is 26.9 Å². The third-order valence-corrected chi connectivity index (χ3v) is 5.58. The minimum atomic E-state index is -0.378. The largest absolute Gasteiger partial charge is 0.493 e. The number of benzene rings is 2. The van der Waals surface area contributed by atoms with E-state index in [-0.39, 0.29) is 12.0 Å². The van der Waals surface area contributed by atoms with Crippen molar-refractivity contribution < 1.29 is 23.8 Å². The van der Waals surface area contributed by atoms with Gasteiger partial charge in [-0.05, 0) is 35.9 Å². The molecule has 0 saturated heterocycles. The second-order valence-corrected chi connectivity index (χ2v) is 7.35. The van der Waals surface area contributed by atoms with E-state index in [9.17, 15) is 9.59 Å². The van der Waals surface area contributed by atoms with Gasteiger partial charge in [0.1, 0.15) is 0 Å². The van der Waals surface area contributed by atoms with Crippen LogP contribution in [0.5, 0.6) is 11.5 Å². The van der Waals surface area contributed by atoms with Crippen molar-refractivity contribution in [1.82, 2.24) is 15.2 Å². The van der Waals surface area contributed by atoms with Crippen molar-refractivity contribution in [3.8, 4) is 11.5 Å². The fourth-order valence-electron chi connectivity index (χ4n) is 3.91. The Morgan fingerprint density at radius 2 is 1.87 bits per heavy atom. The number of carbonyl (C=O) groups is 2. The molecule has 162 valence electrons. The highest BCUT2D eigenvalue weighted by Crippen LogP contribution is 2.29. The van der Waals surface area contributed by atoms with Gasteiger partial charge in [-0.3, -0.25) is 0 Å². The molecule has 2 N–H and O–H groups in total. The van der Waals surface area contributed by atoms with Gasteiger partial charge in [0.15, 0.2) is 11.5 Å². The minimum absolute atomic E-state index is 0.140. The summed E-state index contributed by atoms with van der Waals surface area (Å²) in [4.78, 5) is 29.9. The lowest BCUT2D eigenvalue weighted by molar-refractivity contribution is 0.0601. The number of hydrogen-bond acceptors (Lipinski definition) is 5. The molecule has 3 aromatic rings. The summed E-state index contributed by atoms with van der Waals surface area (Å²) < 4.78 is 15.4. The zero-order valence-electron chi connectivity index (χ0n) is 17.8. The summed E-state index contributed by atoms with van der Waals surface area (Å²) in [5, 5.41) is 3.91. The van der Waals surface area contributed by atoms with Crippen molar-refractivity contribution in [2.24, 2.45) is 0 Å². The van der Waals surface area contributed by atoms with E-state index in [4.69, 9.17) is 14.2 Å². The van der Waals surface area contributed by atoms with Gasteiger partial charge in [0, 0.05) is 48.2 Å². The maximum absolute atomic E-state index is 12.8. The first-order valence-corrected chi connectivity index (χ1v) is 9.99. The first-order valence-electron chi connectivity index (χ1n) is 9.99. The molecular formula is C23H25N3O5. The summed E-state index contributed by atoms with van der Waals surface area (Å²) in [7, 11) is 4.53. The standard InChI is InChI=1S/C23H25N3O5/c1-29-20-7-4-14(10-21(20)30-2)12-24-23(28)26-9-8-19-17(13-26)16-11-15(22(27)31-3)5-6-18(16)25-19/h4-7,10-11,25H,8-9,12-13H2,1-3H3,(H,24,28). The molecule has 0 radical (unpaired) electrons. The summed E-state index contributed by atoms with van der Waals surface area (Å²) in [6.07, 6.45) is 0.724. The Morgan fingerprint density at radius 1 is 1.06 bits per heavy atom. The first kappa shape index (κ1) is 20.6. The van der Waals surface area contributed by atoms with E-state index in [1.54, 1.807) is 25.2 Å². The van der Waals surface area contributed by atoms with Crippen LogP contribution < -0.4 is 14.8 Å². The molecule has 0 saturated carbocycles. The molecule has 2 amide bonds. The van der Waals surface area contributed by atoms with Crippen molar-refractivity contribution in [1.29, 1.82) is 0 Å². The molecule has 4 rings (SSSR count). The lowest BCUT2D eigenvalue weighted by atomic mass is 10.0. The summed E-state index contributed by atoms with van der Waals surface area (Å²) in [5.74, 6) is 0.890. The van der Waals surface area contributed by atoms with E-state index >= 15 is 0 Å². The van der Waals surface area contributed by atoms with Crippen LogP contribution in [0.3, 0.4) is 0 Å². The maximum atomic E-state index is 12.8. The third kappa shape index (κ3) is 4.01. The van der Waals surface area contributed by atoms with Crippen LogP contribution in [0.2, 0.25) is 0 Å². The van der Waals surface area contributed by atoms with Crippen molar-refractivity contribution in [2.75, 3.05) is 27.9 Å². The highest BCUT2D eigenvalue weighted by Gasteiger charge is 2.24. The second-order valence-electron chi connectivity index (χ2n) is 7.35. The number of esters is 1. The van der Waals surface area contributed by atoms with Gasteiger partial charge >= 0.3 is 12.0 Å². The quantitative estimate of drug-likeness (QED) is 0.615. The normalized spacial score (nSPS) is 12.9. The monoisotopic (exact) mass is 423 g/mol. The maximum Gasteiger partial charge on any atom is 0.337 e. The van der Waals surface area contributed by atoms with Crippen LogP contribution in [-0.2, 0) is 24.2 Å². The fourth-order valence-corrected chi connectivity index (χ4v) is 3.91. The zero-order valence-corrected chi connectivity index (χ0v) is 17.8. The van der Waals surface area contributed by atoms with Gasteiger partial charge in [0.2, 0.25) is 0 Å². The highest BCUT2D eigenvalue weighted by atomic mass is 16.5. The molecule has 0 fully saturated rings. The van der Waals surface area contributed by atoms with Crippen LogP contribution in [0.25, 0.3) is 10.9 Å². The number of rotatable bonds is 5. The number of nitrogens with one attached hydrogen (secondary N) is 2. The number of hydrogen-bond donors (Lipinski definition) is 2. The Morgan fingerprint density at radius 3 is 2.61 bits per heavy atom. The lowest BCUT2D eigenvalue weighted by Crippen LogP contribution is -2.42. The minimum Gasteiger partial charge on any atom is -0.493 e. The Balaban J connectivity index is 1.48. The van der Waals surface area contributed by atoms with E-state index in [0.29, 0.717) is 36.7 Å². The molecule has 1 aliphatic heterocycles. The summed E-state index contributed by atoms with van der Waals surface area (Å²) >= 11 is 0. The number of urea groups is 1. The van der Waals surface area contributed by atoms with Crippen LogP contribution in [-0.4, -0.2) is 49.8 Å². The van der Waals surface area contributed by atoms with Gasteiger partial charge in [-0.1, -0.05) is 6.07 Å². The van der Waals surface area contributed by atoms with Gasteiger partial charge in [-0.15, -0.1) is 0 Å². The number of aromatic nitrogens is 1. The smallest absolute Gasteiger partial charge is 0.337 e. The van der Waals surface area contributed by atoms with E-state index in [1.165, 1.54) is 7.11 Å². The molecule has 2 aromatic carbocycles. The molecule has 2 heterocycles. The van der Waals surface area contributed by atoms with Crippen molar-refractivity contribution in [3.63, 3.8) is 0 Å². The number of amides is 2. The molecule has 8 nitrogen and oxygen atoms in total. The molecule has 8 heteroatoms. The summed E-state index contributed by atoms with van der Waals surface area (Å²) in [6, 6.07) is 10.9. The predicted octanol–water partition coefficient (Wildman–Crippen LogP) is 3.24. The molecule has 0 spiro atoms. The van der Waals surface area contributed by atoms with Crippen LogP contribution >= 0.6 is 0 Å². The summed E-state index contributed by atoms with van der Waals surface area (Å²) in [6.45, 7) is 1.46.